The molecule has 1 aliphatic heterocycles. The number of benzene rings is 2. The number of nitrogens with one attached hydrogen (secondary N) is 1. The molecule has 7 heteroatoms. The average molecular weight is 434 g/mol. The van der Waals surface area contributed by atoms with Crippen LogP contribution in [0, 0.1) is 5.82 Å². The van der Waals surface area contributed by atoms with E-state index in [1.54, 1.807) is 24.1 Å². The van der Waals surface area contributed by atoms with Crippen LogP contribution in [0.3, 0.4) is 0 Å². The lowest BCUT2D eigenvalue weighted by molar-refractivity contribution is -0.136. The second-order valence-electron chi connectivity index (χ2n) is 6.17. The number of carbonyl (C=O) groups excluding carboxylic acids is 1. The van der Waals surface area contributed by atoms with Gasteiger partial charge >= 0.3 is 0 Å². The van der Waals surface area contributed by atoms with Crippen LogP contribution in [0.2, 0.25) is 0 Å². The standard InChI is InChI=1S/C19H19FN2O2S.C2H7N.C2H6/c1-2-18(23)22(21-19(25)13-6-5-7-14(20)12-13)16-10-11-24-17-9-4-3-8-15(16)17;1-2-3;1-2/h3-9,12,16H,2,10-11H2,1H3,(H,21,25);2-3H2,1H3;1-2H3. The first-order chi connectivity index (χ1) is 14.5. The Balaban J connectivity index is 0.000000826. The molecule has 0 spiro atoms. The zero-order chi connectivity index (χ0) is 22.5. The molecule has 0 saturated heterocycles. The largest absolute Gasteiger partial charge is 0.493 e. The highest BCUT2D eigenvalue weighted by molar-refractivity contribution is 7.80. The van der Waals surface area contributed by atoms with E-state index in [2.05, 4.69) is 5.43 Å². The van der Waals surface area contributed by atoms with Gasteiger partial charge in [-0.15, -0.1) is 0 Å². The molecule has 0 aromatic heterocycles. The lowest BCUT2D eigenvalue weighted by Gasteiger charge is -2.36. The van der Waals surface area contributed by atoms with Crippen LogP contribution in [0.4, 0.5) is 4.39 Å². The number of halogens is 1. The number of nitrogens with zero attached hydrogens (tertiary/aromatic N) is 1. The highest BCUT2D eigenvalue weighted by atomic mass is 32.1. The maximum atomic E-state index is 13.5. The minimum Gasteiger partial charge on any atom is -0.493 e. The van der Waals surface area contributed by atoms with Crippen LogP contribution in [0.25, 0.3) is 0 Å². The number of ether oxygens (including phenoxy) is 1. The van der Waals surface area contributed by atoms with E-state index in [0.717, 1.165) is 17.9 Å². The third-order valence-electron chi connectivity index (χ3n) is 4.12. The van der Waals surface area contributed by atoms with E-state index in [4.69, 9.17) is 22.7 Å². The summed E-state index contributed by atoms with van der Waals surface area (Å²) < 4.78 is 19.1. The molecular weight excluding hydrogens is 401 g/mol. The molecule has 0 bridgehead atoms. The molecule has 3 rings (SSSR count). The predicted octanol–water partition coefficient (Wildman–Crippen LogP) is 4.76. The number of rotatable bonds is 3. The van der Waals surface area contributed by atoms with Gasteiger partial charge < -0.3 is 10.5 Å². The van der Waals surface area contributed by atoms with Crippen LogP contribution >= 0.6 is 12.2 Å². The number of hydrazine groups is 1. The SMILES string of the molecule is CC.CCC(=O)N(NC(=S)c1cccc(F)c1)C1CCOc2ccccc21.CCN. The summed E-state index contributed by atoms with van der Waals surface area (Å²) in [6.45, 7) is 8.97. The summed E-state index contributed by atoms with van der Waals surface area (Å²) in [5.74, 6) is 0.318. The van der Waals surface area contributed by atoms with Crippen molar-refractivity contribution in [1.82, 2.24) is 10.4 Å². The Morgan fingerprint density at radius 3 is 2.53 bits per heavy atom. The van der Waals surface area contributed by atoms with E-state index in [9.17, 15) is 9.18 Å². The fourth-order valence-electron chi connectivity index (χ4n) is 2.88. The van der Waals surface area contributed by atoms with E-state index >= 15 is 0 Å². The fraction of sp³-hybridized carbons (Fsp3) is 0.391. The summed E-state index contributed by atoms with van der Waals surface area (Å²) in [4.78, 5) is 12.9. The number of carbonyl (C=O) groups is 1. The molecule has 1 aliphatic rings. The lowest BCUT2D eigenvalue weighted by atomic mass is 10.00. The van der Waals surface area contributed by atoms with Crippen molar-refractivity contribution in [3.63, 3.8) is 0 Å². The Hall–Kier alpha value is -2.51. The summed E-state index contributed by atoms with van der Waals surface area (Å²) in [7, 11) is 0. The molecule has 0 radical (unpaired) electrons. The van der Waals surface area contributed by atoms with Crippen molar-refractivity contribution < 1.29 is 13.9 Å². The van der Waals surface area contributed by atoms with E-state index in [1.165, 1.54) is 12.1 Å². The highest BCUT2D eigenvalue weighted by Crippen LogP contribution is 2.35. The average Bonchev–Trinajstić information content (AvgIpc) is 2.78. The number of nitrogens with two attached hydrogens (primary N) is 1. The van der Waals surface area contributed by atoms with Crippen LogP contribution in [0.5, 0.6) is 5.75 Å². The summed E-state index contributed by atoms with van der Waals surface area (Å²) in [6.07, 6.45) is 0.986. The number of fused-ring (bicyclic) bond motifs is 1. The first-order valence-corrected chi connectivity index (χ1v) is 10.7. The molecule has 30 heavy (non-hydrogen) atoms. The third-order valence-corrected chi connectivity index (χ3v) is 4.45. The minimum atomic E-state index is -0.369. The summed E-state index contributed by atoms with van der Waals surface area (Å²) in [6, 6.07) is 13.5. The number of thiocarbonyl (C=S) groups is 1. The van der Waals surface area contributed by atoms with E-state index < -0.39 is 0 Å². The number of para-hydroxylation sites is 1. The van der Waals surface area contributed by atoms with Crippen molar-refractivity contribution in [1.29, 1.82) is 0 Å². The zero-order valence-electron chi connectivity index (χ0n) is 18.2. The summed E-state index contributed by atoms with van der Waals surface area (Å²) in [5, 5.41) is 1.55. The first-order valence-electron chi connectivity index (χ1n) is 10.3. The van der Waals surface area contributed by atoms with E-state index in [-0.39, 0.29) is 17.8 Å². The minimum absolute atomic E-state index is 0.0829. The molecule has 0 aliphatic carbocycles. The number of hydrogen-bond acceptors (Lipinski definition) is 4. The van der Waals surface area contributed by atoms with Crippen molar-refractivity contribution in [3.05, 3.63) is 65.5 Å². The third kappa shape index (κ3) is 7.07. The molecule has 0 fully saturated rings. The molecule has 1 unspecified atom stereocenters. The maximum absolute atomic E-state index is 13.5. The zero-order valence-corrected chi connectivity index (χ0v) is 19.0. The van der Waals surface area contributed by atoms with Gasteiger partial charge in [-0.05, 0) is 24.7 Å². The molecule has 5 nitrogen and oxygen atoms in total. The molecule has 1 amide bonds. The predicted molar refractivity (Wildman–Crippen MR) is 124 cm³/mol. The second kappa shape index (κ2) is 13.7. The van der Waals surface area contributed by atoms with Crippen molar-refractivity contribution in [2.45, 2.75) is 46.6 Å². The van der Waals surface area contributed by atoms with Crippen molar-refractivity contribution in [3.8, 4) is 5.75 Å². The molecule has 2 aromatic rings. The molecule has 0 saturated carbocycles. The van der Waals surface area contributed by atoms with Crippen LogP contribution in [0.1, 0.15) is 57.7 Å². The Labute approximate surface area is 184 Å². The molecule has 1 heterocycles. The molecular formula is C23H32FN3O2S. The van der Waals surface area contributed by atoms with Gasteiger partial charge in [-0.1, -0.05) is 70.2 Å². The molecule has 3 N–H and O–H groups in total. The van der Waals surface area contributed by atoms with Gasteiger partial charge in [0.05, 0.1) is 12.6 Å². The Bertz CT molecular complexity index is 817. The van der Waals surface area contributed by atoms with Crippen molar-refractivity contribution in [2.75, 3.05) is 13.2 Å². The van der Waals surface area contributed by atoms with Crippen molar-refractivity contribution in [2.24, 2.45) is 5.73 Å². The van der Waals surface area contributed by atoms with Crippen LogP contribution in [-0.4, -0.2) is 29.1 Å². The smallest absolute Gasteiger partial charge is 0.241 e. The normalized spacial score (nSPS) is 13.9. The van der Waals surface area contributed by atoms with E-state index in [0.29, 0.717) is 30.0 Å². The van der Waals surface area contributed by atoms with Gasteiger partial charge in [0, 0.05) is 24.0 Å². The highest BCUT2D eigenvalue weighted by Gasteiger charge is 2.30. The Morgan fingerprint density at radius 2 is 1.90 bits per heavy atom. The Kier molecular flexibility index (Phi) is 11.6. The van der Waals surface area contributed by atoms with E-state index in [1.807, 2.05) is 45.0 Å². The van der Waals surface area contributed by atoms with Gasteiger partial charge in [-0.25, -0.2) is 9.40 Å². The lowest BCUT2D eigenvalue weighted by Crippen LogP contribution is -2.48. The molecule has 1 atom stereocenters. The van der Waals surface area contributed by atoms with Crippen LogP contribution < -0.4 is 15.9 Å². The van der Waals surface area contributed by atoms with Crippen LogP contribution in [-0.2, 0) is 4.79 Å². The van der Waals surface area contributed by atoms with Gasteiger partial charge in [0.15, 0.2) is 0 Å². The van der Waals surface area contributed by atoms with Gasteiger partial charge in [0.25, 0.3) is 0 Å². The monoisotopic (exact) mass is 433 g/mol. The Morgan fingerprint density at radius 1 is 1.23 bits per heavy atom. The van der Waals surface area contributed by atoms with Gasteiger partial charge in [-0.3, -0.25) is 10.2 Å². The first kappa shape index (κ1) is 25.5. The van der Waals surface area contributed by atoms with Crippen molar-refractivity contribution >= 4 is 23.1 Å². The molecule has 164 valence electrons. The quantitative estimate of drug-likeness (QED) is 0.540. The maximum Gasteiger partial charge on any atom is 0.241 e. The number of hydrogen-bond donors (Lipinski definition) is 2. The van der Waals surface area contributed by atoms with Gasteiger partial charge in [-0.2, -0.15) is 0 Å². The van der Waals surface area contributed by atoms with Gasteiger partial charge in [0.1, 0.15) is 16.6 Å². The topological polar surface area (TPSA) is 67.6 Å². The second-order valence-corrected chi connectivity index (χ2v) is 6.58. The molecule has 2 aromatic carbocycles. The fourth-order valence-corrected chi connectivity index (χ4v) is 3.10. The summed E-state index contributed by atoms with van der Waals surface area (Å²) >= 11 is 5.39. The summed E-state index contributed by atoms with van der Waals surface area (Å²) in [5.41, 5.74) is 9.33. The number of amides is 1. The van der Waals surface area contributed by atoms with Crippen LogP contribution in [0.15, 0.2) is 48.5 Å². The van der Waals surface area contributed by atoms with Gasteiger partial charge in [0.2, 0.25) is 5.91 Å².